The van der Waals surface area contributed by atoms with Crippen LogP contribution in [0, 0.1) is 5.92 Å². The van der Waals surface area contributed by atoms with Crippen LogP contribution in [0.5, 0.6) is 5.75 Å². The molecule has 126 valence electrons. The third-order valence-corrected chi connectivity index (χ3v) is 4.19. The van der Waals surface area contributed by atoms with Crippen LogP contribution < -0.4 is 4.74 Å². The van der Waals surface area contributed by atoms with E-state index in [0.717, 1.165) is 24.3 Å². The smallest absolute Gasteiger partial charge is 0.307 e. The standard InChI is InChI=1S/C17H24N2O4/c1-18(10-13-5-3-7-15(9-13)23-2)16(20)12-19-8-4-6-14(11-19)17(21)22/h3,5,7,9,14H,4,6,8,10-12H2,1-2H3,(H,21,22). The first-order chi connectivity index (χ1) is 11.0. The lowest BCUT2D eigenvalue weighted by molar-refractivity contribution is -0.144. The highest BCUT2D eigenvalue weighted by Crippen LogP contribution is 2.17. The predicted molar refractivity (Wildman–Crippen MR) is 86.3 cm³/mol. The molecule has 1 unspecified atom stereocenters. The molecular formula is C17H24N2O4. The van der Waals surface area contributed by atoms with E-state index in [1.165, 1.54) is 0 Å². The summed E-state index contributed by atoms with van der Waals surface area (Å²) in [6.07, 6.45) is 1.52. The number of benzene rings is 1. The maximum atomic E-state index is 12.4. The van der Waals surface area contributed by atoms with Gasteiger partial charge in [-0.2, -0.15) is 0 Å². The summed E-state index contributed by atoms with van der Waals surface area (Å²) in [6.45, 7) is 2.01. The second-order valence-corrected chi connectivity index (χ2v) is 6.01. The quantitative estimate of drug-likeness (QED) is 0.859. The SMILES string of the molecule is COc1cccc(CN(C)C(=O)CN2CCCC(C(=O)O)C2)c1. The van der Waals surface area contributed by atoms with Gasteiger partial charge in [0.2, 0.25) is 5.91 Å². The van der Waals surface area contributed by atoms with Crippen molar-refractivity contribution in [1.82, 2.24) is 9.80 Å². The summed E-state index contributed by atoms with van der Waals surface area (Å²) >= 11 is 0. The van der Waals surface area contributed by atoms with Gasteiger partial charge in [-0.15, -0.1) is 0 Å². The van der Waals surface area contributed by atoms with Crippen molar-refractivity contribution in [3.8, 4) is 5.75 Å². The maximum absolute atomic E-state index is 12.4. The van der Waals surface area contributed by atoms with Gasteiger partial charge in [0.25, 0.3) is 0 Å². The van der Waals surface area contributed by atoms with Gasteiger partial charge in [0.05, 0.1) is 19.6 Å². The lowest BCUT2D eigenvalue weighted by Crippen LogP contribution is -2.44. The van der Waals surface area contributed by atoms with E-state index < -0.39 is 5.97 Å². The number of methoxy groups -OCH3 is 1. The molecule has 1 N–H and O–H groups in total. The molecule has 0 radical (unpaired) electrons. The highest BCUT2D eigenvalue weighted by molar-refractivity contribution is 5.78. The molecule has 1 aromatic rings. The Morgan fingerprint density at radius 3 is 2.91 bits per heavy atom. The number of piperidine rings is 1. The fraction of sp³-hybridized carbons (Fsp3) is 0.529. The van der Waals surface area contributed by atoms with Gasteiger partial charge in [0, 0.05) is 20.1 Å². The van der Waals surface area contributed by atoms with Gasteiger partial charge in [-0.05, 0) is 37.1 Å². The highest BCUT2D eigenvalue weighted by atomic mass is 16.5. The molecule has 6 nitrogen and oxygen atoms in total. The Labute approximate surface area is 136 Å². The molecule has 0 spiro atoms. The van der Waals surface area contributed by atoms with Crippen molar-refractivity contribution in [1.29, 1.82) is 0 Å². The average molecular weight is 320 g/mol. The number of amides is 1. The van der Waals surface area contributed by atoms with Crippen molar-refractivity contribution in [2.45, 2.75) is 19.4 Å². The number of rotatable bonds is 6. The number of nitrogens with zero attached hydrogens (tertiary/aromatic N) is 2. The summed E-state index contributed by atoms with van der Waals surface area (Å²) in [5.74, 6) is -0.366. The summed E-state index contributed by atoms with van der Waals surface area (Å²) < 4.78 is 5.19. The van der Waals surface area contributed by atoms with E-state index in [0.29, 0.717) is 19.5 Å². The lowest BCUT2D eigenvalue weighted by Gasteiger charge is -2.31. The molecule has 1 heterocycles. The number of likely N-dealkylation sites (tertiary alicyclic amines) is 1. The Bertz CT molecular complexity index is 561. The first-order valence-corrected chi connectivity index (χ1v) is 7.81. The van der Waals surface area contributed by atoms with Crippen molar-refractivity contribution >= 4 is 11.9 Å². The highest BCUT2D eigenvalue weighted by Gasteiger charge is 2.27. The van der Waals surface area contributed by atoms with E-state index >= 15 is 0 Å². The Morgan fingerprint density at radius 2 is 2.22 bits per heavy atom. The Balaban J connectivity index is 1.88. The van der Waals surface area contributed by atoms with Crippen LogP contribution in [-0.4, -0.2) is 60.6 Å². The van der Waals surface area contributed by atoms with Gasteiger partial charge in [0.1, 0.15) is 5.75 Å². The average Bonchev–Trinajstić information content (AvgIpc) is 2.55. The fourth-order valence-electron chi connectivity index (χ4n) is 2.85. The molecule has 1 amide bonds. The summed E-state index contributed by atoms with van der Waals surface area (Å²) in [7, 11) is 3.38. The number of likely N-dealkylation sites (N-methyl/N-ethyl adjacent to an activating group) is 1. The minimum Gasteiger partial charge on any atom is -0.497 e. The molecule has 1 aliphatic rings. The van der Waals surface area contributed by atoms with E-state index in [2.05, 4.69) is 0 Å². The van der Waals surface area contributed by atoms with Gasteiger partial charge < -0.3 is 14.7 Å². The summed E-state index contributed by atoms with van der Waals surface area (Å²) in [5.41, 5.74) is 1.00. The molecule has 6 heteroatoms. The molecule has 23 heavy (non-hydrogen) atoms. The van der Waals surface area contributed by atoms with Crippen LogP contribution in [0.15, 0.2) is 24.3 Å². The van der Waals surface area contributed by atoms with Crippen molar-refractivity contribution in [3.05, 3.63) is 29.8 Å². The number of ether oxygens (including phenoxy) is 1. The minimum atomic E-state index is -0.771. The summed E-state index contributed by atoms with van der Waals surface area (Å²) in [6, 6.07) is 7.62. The van der Waals surface area contributed by atoms with Crippen LogP contribution in [0.3, 0.4) is 0 Å². The molecule has 1 aromatic carbocycles. The molecule has 0 aliphatic carbocycles. The van der Waals surface area contributed by atoms with Gasteiger partial charge in [-0.25, -0.2) is 0 Å². The summed E-state index contributed by atoms with van der Waals surface area (Å²) in [4.78, 5) is 27.0. The third kappa shape index (κ3) is 4.96. The molecule has 0 aromatic heterocycles. The Morgan fingerprint density at radius 1 is 1.43 bits per heavy atom. The number of carboxylic acids is 1. The summed E-state index contributed by atoms with van der Waals surface area (Å²) in [5, 5.41) is 9.11. The third-order valence-electron chi connectivity index (χ3n) is 4.19. The first-order valence-electron chi connectivity index (χ1n) is 7.81. The zero-order chi connectivity index (χ0) is 16.8. The number of hydrogen-bond acceptors (Lipinski definition) is 4. The van der Waals surface area contributed by atoms with E-state index in [-0.39, 0.29) is 18.4 Å². The monoisotopic (exact) mass is 320 g/mol. The van der Waals surface area contributed by atoms with E-state index in [1.807, 2.05) is 29.2 Å². The molecule has 0 bridgehead atoms. The molecule has 1 atom stereocenters. The van der Waals surface area contributed by atoms with Gasteiger partial charge in [0.15, 0.2) is 0 Å². The molecular weight excluding hydrogens is 296 g/mol. The van der Waals surface area contributed by atoms with Crippen LogP contribution in [-0.2, 0) is 16.1 Å². The Kier molecular flexibility index (Phi) is 5.98. The van der Waals surface area contributed by atoms with Crippen LogP contribution in [0.2, 0.25) is 0 Å². The predicted octanol–water partition coefficient (Wildman–Crippen LogP) is 1.45. The number of aliphatic carboxylic acids is 1. The van der Waals surface area contributed by atoms with E-state index in [1.54, 1.807) is 19.1 Å². The van der Waals surface area contributed by atoms with Crippen LogP contribution >= 0.6 is 0 Å². The van der Waals surface area contributed by atoms with Crippen molar-refractivity contribution in [2.24, 2.45) is 5.92 Å². The van der Waals surface area contributed by atoms with Crippen molar-refractivity contribution < 1.29 is 19.4 Å². The number of hydrogen-bond donors (Lipinski definition) is 1. The largest absolute Gasteiger partial charge is 0.497 e. The normalized spacial score (nSPS) is 18.4. The van der Waals surface area contributed by atoms with E-state index in [4.69, 9.17) is 9.84 Å². The lowest BCUT2D eigenvalue weighted by atomic mass is 9.98. The molecule has 1 aliphatic heterocycles. The topological polar surface area (TPSA) is 70.1 Å². The van der Waals surface area contributed by atoms with Gasteiger partial charge in [-0.3, -0.25) is 14.5 Å². The minimum absolute atomic E-state index is 0.00106. The molecule has 2 rings (SSSR count). The molecule has 0 saturated carbocycles. The number of carbonyl (C=O) groups is 2. The second-order valence-electron chi connectivity index (χ2n) is 6.01. The zero-order valence-electron chi connectivity index (χ0n) is 13.7. The van der Waals surface area contributed by atoms with Gasteiger partial charge >= 0.3 is 5.97 Å². The van der Waals surface area contributed by atoms with E-state index in [9.17, 15) is 9.59 Å². The second kappa shape index (κ2) is 7.97. The van der Waals surface area contributed by atoms with Crippen molar-refractivity contribution in [2.75, 3.05) is 33.8 Å². The fourth-order valence-corrected chi connectivity index (χ4v) is 2.85. The zero-order valence-corrected chi connectivity index (χ0v) is 13.7. The van der Waals surface area contributed by atoms with Crippen LogP contribution in [0.4, 0.5) is 0 Å². The number of carboxylic acid groups (broad SMARTS) is 1. The van der Waals surface area contributed by atoms with Crippen LogP contribution in [0.25, 0.3) is 0 Å². The van der Waals surface area contributed by atoms with Crippen LogP contribution in [0.1, 0.15) is 18.4 Å². The Hall–Kier alpha value is -2.08. The van der Waals surface area contributed by atoms with Crippen molar-refractivity contribution in [3.63, 3.8) is 0 Å². The molecule has 1 saturated heterocycles. The first kappa shape index (κ1) is 17.3. The molecule has 1 fully saturated rings. The van der Waals surface area contributed by atoms with Gasteiger partial charge in [-0.1, -0.05) is 12.1 Å². The number of carbonyl (C=O) groups excluding carboxylic acids is 1. The maximum Gasteiger partial charge on any atom is 0.307 e.